The Morgan fingerprint density at radius 1 is 1.13 bits per heavy atom. The topological polar surface area (TPSA) is 76.7 Å². The smallest absolute Gasteiger partial charge is 0.443 e. The molecule has 6 nitrogen and oxygen atoms in total. The van der Waals surface area contributed by atoms with Crippen LogP contribution in [0.5, 0.6) is 0 Å². The van der Waals surface area contributed by atoms with E-state index in [9.17, 15) is 22.8 Å². The Hall–Kier alpha value is -2.29. The lowest BCUT2D eigenvalue weighted by Crippen LogP contribution is -2.49. The van der Waals surface area contributed by atoms with Crippen LogP contribution in [-0.2, 0) is 20.9 Å². The number of hydrogen-bond donors (Lipinski definition) is 2. The van der Waals surface area contributed by atoms with Crippen molar-refractivity contribution in [3.05, 3.63) is 35.9 Å². The second kappa shape index (κ2) is 7.32. The van der Waals surface area contributed by atoms with Crippen LogP contribution < -0.4 is 10.9 Å². The Kier molecular flexibility index (Phi) is 5.43. The van der Waals surface area contributed by atoms with E-state index < -0.39 is 30.4 Å². The molecule has 2 amide bonds. The number of rotatable bonds is 4. The van der Waals surface area contributed by atoms with Gasteiger partial charge in [-0.2, -0.15) is 0 Å². The van der Waals surface area contributed by atoms with E-state index in [4.69, 9.17) is 4.74 Å². The third-order valence-electron chi connectivity index (χ3n) is 3.27. The van der Waals surface area contributed by atoms with Gasteiger partial charge in [0.2, 0.25) is 5.91 Å². The summed E-state index contributed by atoms with van der Waals surface area (Å²) >= 11 is 0. The standard InChI is InChI=1S/C14H15F3N2O4/c15-14(16,17)23-11-6-10(7-11)12(20)18-19-13(21)22-8-9-4-2-1-3-5-9/h1-5,10-11H,6-8H2,(H,18,20)(H,19,21)/t10-,11+. The van der Waals surface area contributed by atoms with Crippen molar-refractivity contribution in [1.29, 1.82) is 0 Å². The zero-order valence-electron chi connectivity index (χ0n) is 11.9. The first-order valence-corrected chi connectivity index (χ1v) is 6.84. The number of halogens is 3. The Balaban J connectivity index is 1.61. The molecular formula is C14H15F3N2O4. The van der Waals surface area contributed by atoms with Gasteiger partial charge in [-0.25, -0.2) is 10.2 Å². The summed E-state index contributed by atoms with van der Waals surface area (Å²) < 4.78 is 44.4. The molecule has 0 radical (unpaired) electrons. The number of hydrogen-bond acceptors (Lipinski definition) is 4. The number of alkyl halides is 3. The molecule has 2 rings (SSSR count). The molecule has 126 valence electrons. The van der Waals surface area contributed by atoms with E-state index in [-0.39, 0.29) is 19.4 Å². The first-order valence-electron chi connectivity index (χ1n) is 6.84. The van der Waals surface area contributed by atoms with Gasteiger partial charge in [-0.05, 0) is 18.4 Å². The SMILES string of the molecule is O=C(NNC(=O)[C@H]1C[C@@H](OC(F)(F)F)C1)OCc1ccccc1. The molecule has 1 fully saturated rings. The van der Waals surface area contributed by atoms with Crippen molar-refractivity contribution in [2.24, 2.45) is 5.92 Å². The predicted molar refractivity (Wildman–Crippen MR) is 71.6 cm³/mol. The van der Waals surface area contributed by atoms with Crippen LogP contribution in [-0.4, -0.2) is 24.5 Å². The van der Waals surface area contributed by atoms with Gasteiger partial charge in [-0.3, -0.25) is 15.0 Å². The van der Waals surface area contributed by atoms with E-state index in [1.807, 2.05) is 11.5 Å². The molecule has 2 N–H and O–H groups in total. The van der Waals surface area contributed by atoms with Crippen molar-refractivity contribution in [3.63, 3.8) is 0 Å². The summed E-state index contributed by atoms with van der Waals surface area (Å²) in [6.45, 7) is 0.0352. The minimum absolute atomic E-state index is 0.0352. The number of carbonyl (C=O) groups is 2. The van der Waals surface area contributed by atoms with E-state index in [0.717, 1.165) is 5.56 Å². The maximum absolute atomic E-state index is 11.9. The Morgan fingerprint density at radius 2 is 1.78 bits per heavy atom. The average Bonchev–Trinajstić information content (AvgIpc) is 2.46. The van der Waals surface area contributed by atoms with Gasteiger partial charge in [-0.15, -0.1) is 13.2 Å². The van der Waals surface area contributed by atoms with Gasteiger partial charge in [0.15, 0.2) is 0 Å². The van der Waals surface area contributed by atoms with Crippen molar-refractivity contribution in [2.75, 3.05) is 0 Å². The van der Waals surface area contributed by atoms with Crippen LogP contribution in [0.25, 0.3) is 0 Å². The molecule has 1 aliphatic carbocycles. The Labute approximate surface area is 129 Å². The van der Waals surface area contributed by atoms with Crippen molar-refractivity contribution in [1.82, 2.24) is 10.9 Å². The molecule has 1 saturated carbocycles. The fourth-order valence-electron chi connectivity index (χ4n) is 2.04. The van der Waals surface area contributed by atoms with Crippen LogP contribution >= 0.6 is 0 Å². The number of hydrazine groups is 1. The quantitative estimate of drug-likeness (QED) is 0.829. The predicted octanol–water partition coefficient (Wildman–Crippen LogP) is 2.26. The molecule has 23 heavy (non-hydrogen) atoms. The maximum Gasteiger partial charge on any atom is 0.522 e. The number of amides is 2. The van der Waals surface area contributed by atoms with E-state index in [1.165, 1.54) is 0 Å². The molecule has 0 bridgehead atoms. The van der Waals surface area contributed by atoms with Crippen LogP contribution in [0.15, 0.2) is 30.3 Å². The van der Waals surface area contributed by atoms with Crippen LogP contribution in [0, 0.1) is 5.92 Å². The molecule has 0 aliphatic heterocycles. The lowest BCUT2D eigenvalue weighted by molar-refractivity contribution is -0.353. The molecule has 0 heterocycles. The molecule has 0 saturated heterocycles. The number of benzene rings is 1. The molecular weight excluding hydrogens is 317 g/mol. The summed E-state index contributed by atoms with van der Waals surface area (Å²) in [4.78, 5) is 23.0. The first kappa shape index (κ1) is 17.1. The molecule has 0 aromatic heterocycles. The Morgan fingerprint density at radius 3 is 2.39 bits per heavy atom. The molecule has 1 aliphatic rings. The van der Waals surface area contributed by atoms with E-state index in [0.29, 0.717) is 0 Å². The number of ether oxygens (including phenoxy) is 2. The third kappa shape index (κ3) is 5.78. The molecule has 0 atom stereocenters. The highest BCUT2D eigenvalue weighted by Gasteiger charge is 2.42. The fourth-order valence-corrected chi connectivity index (χ4v) is 2.04. The van der Waals surface area contributed by atoms with Gasteiger partial charge < -0.3 is 4.74 Å². The van der Waals surface area contributed by atoms with E-state index in [1.54, 1.807) is 24.3 Å². The van der Waals surface area contributed by atoms with Gasteiger partial charge in [-0.1, -0.05) is 30.3 Å². The maximum atomic E-state index is 11.9. The second-order valence-electron chi connectivity index (χ2n) is 5.03. The van der Waals surface area contributed by atoms with Crippen LogP contribution in [0.3, 0.4) is 0 Å². The second-order valence-corrected chi connectivity index (χ2v) is 5.03. The van der Waals surface area contributed by atoms with E-state index in [2.05, 4.69) is 10.2 Å². The van der Waals surface area contributed by atoms with Crippen molar-refractivity contribution >= 4 is 12.0 Å². The summed E-state index contributed by atoms with van der Waals surface area (Å²) in [5.41, 5.74) is 4.92. The Bertz CT molecular complexity index is 545. The van der Waals surface area contributed by atoms with Crippen molar-refractivity contribution in [3.8, 4) is 0 Å². The highest BCUT2D eigenvalue weighted by atomic mass is 19.4. The highest BCUT2D eigenvalue weighted by molar-refractivity contribution is 5.81. The van der Waals surface area contributed by atoms with Gasteiger partial charge >= 0.3 is 12.5 Å². The molecule has 1 aromatic carbocycles. The van der Waals surface area contributed by atoms with Gasteiger partial charge in [0.25, 0.3) is 0 Å². The molecule has 1 aromatic rings. The lowest BCUT2D eigenvalue weighted by atomic mass is 9.82. The normalized spacial score (nSPS) is 20.3. The molecule has 9 heteroatoms. The average molecular weight is 332 g/mol. The molecule has 0 unspecified atom stereocenters. The first-order chi connectivity index (χ1) is 10.8. The minimum atomic E-state index is -4.70. The van der Waals surface area contributed by atoms with Gasteiger partial charge in [0.05, 0.1) is 6.10 Å². The summed E-state index contributed by atoms with van der Waals surface area (Å²) in [7, 11) is 0. The van der Waals surface area contributed by atoms with Crippen molar-refractivity contribution < 1.29 is 32.2 Å². The number of nitrogens with one attached hydrogen (secondary N) is 2. The lowest BCUT2D eigenvalue weighted by Gasteiger charge is -2.34. The van der Waals surface area contributed by atoms with E-state index >= 15 is 0 Å². The number of carbonyl (C=O) groups excluding carboxylic acids is 2. The monoisotopic (exact) mass is 332 g/mol. The summed E-state index contributed by atoms with van der Waals surface area (Å²) in [5.74, 6) is -1.21. The summed E-state index contributed by atoms with van der Waals surface area (Å²) in [5, 5.41) is 0. The van der Waals surface area contributed by atoms with Gasteiger partial charge in [0, 0.05) is 5.92 Å². The highest BCUT2D eigenvalue weighted by Crippen LogP contribution is 2.34. The summed E-state index contributed by atoms with van der Waals surface area (Å²) in [6, 6.07) is 8.92. The van der Waals surface area contributed by atoms with Crippen molar-refractivity contribution in [2.45, 2.75) is 31.9 Å². The largest absolute Gasteiger partial charge is 0.522 e. The van der Waals surface area contributed by atoms with Crippen LogP contribution in [0.4, 0.5) is 18.0 Å². The minimum Gasteiger partial charge on any atom is -0.443 e. The zero-order valence-corrected chi connectivity index (χ0v) is 11.9. The third-order valence-corrected chi connectivity index (χ3v) is 3.27. The summed E-state index contributed by atoms with van der Waals surface area (Å²) in [6.07, 6.45) is -6.68. The fraction of sp³-hybridized carbons (Fsp3) is 0.429. The van der Waals surface area contributed by atoms with Crippen LogP contribution in [0.1, 0.15) is 18.4 Å². The molecule has 0 spiro atoms. The van der Waals surface area contributed by atoms with Crippen LogP contribution in [0.2, 0.25) is 0 Å². The van der Waals surface area contributed by atoms with Gasteiger partial charge in [0.1, 0.15) is 6.61 Å². The zero-order chi connectivity index (χ0) is 16.9.